The van der Waals surface area contributed by atoms with Gasteiger partial charge in [0.05, 0.1) is 10.2 Å². The van der Waals surface area contributed by atoms with E-state index in [0.717, 1.165) is 21.5 Å². The first-order chi connectivity index (χ1) is 8.76. The molecule has 0 N–H and O–H groups in total. The number of aromatic nitrogens is 2. The molecule has 2 aromatic heterocycles. The zero-order chi connectivity index (χ0) is 12.5. The standard InChI is InChI=1S/C14H12BrN2S/c1-2-17-7-5-10(6-8-17)14-16-12-4-3-11(15)9-13(12)18-14/h3-9H,2H2,1H3/q+1. The minimum atomic E-state index is 0.993. The first-order valence-corrected chi connectivity index (χ1v) is 7.43. The van der Waals surface area contributed by atoms with Gasteiger partial charge in [-0.05, 0) is 25.1 Å². The van der Waals surface area contributed by atoms with Crippen LogP contribution in [0.5, 0.6) is 0 Å². The Labute approximate surface area is 118 Å². The third-order valence-corrected chi connectivity index (χ3v) is 4.41. The van der Waals surface area contributed by atoms with E-state index in [-0.39, 0.29) is 0 Å². The molecule has 0 saturated carbocycles. The highest BCUT2D eigenvalue weighted by molar-refractivity contribution is 9.10. The molecular weight excluding hydrogens is 308 g/mol. The topological polar surface area (TPSA) is 16.8 Å². The fourth-order valence-corrected chi connectivity index (χ4v) is 3.36. The Bertz CT molecular complexity index is 689. The summed E-state index contributed by atoms with van der Waals surface area (Å²) in [5.41, 5.74) is 2.24. The normalized spacial score (nSPS) is 11.0. The summed E-state index contributed by atoms with van der Waals surface area (Å²) in [6.07, 6.45) is 4.19. The maximum Gasteiger partial charge on any atom is 0.169 e. The van der Waals surface area contributed by atoms with Crippen molar-refractivity contribution in [3.05, 3.63) is 47.2 Å². The molecule has 0 amide bonds. The molecule has 4 heteroatoms. The van der Waals surface area contributed by atoms with E-state index >= 15 is 0 Å². The first kappa shape index (κ1) is 11.8. The number of thiazole rings is 1. The van der Waals surface area contributed by atoms with Gasteiger partial charge in [0.15, 0.2) is 12.4 Å². The molecule has 0 aliphatic rings. The Morgan fingerprint density at radius 3 is 2.72 bits per heavy atom. The lowest BCUT2D eigenvalue weighted by Gasteiger charge is -1.94. The van der Waals surface area contributed by atoms with Crippen molar-refractivity contribution in [2.24, 2.45) is 0 Å². The van der Waals surface area contributed by atoms with E-state index in [1.54, 1.807) is 11.3 Å². The van der Waals surface area contributed by atoms with Crippen LogP contribution in [0.15, 0.2) is 47.2 Å². The fraction of sp³-hybridized carbons (Fsp3) is 0.143. The van der Waals surface area contributed by atoms with E-state index in [0.29, 0.717) is 0 Å². The molecule has 0 unspecified atom stereocenters. The monoisotopic (exact) mass is 319 g/mol. The van der Waals surface area contributed by atoms with Gasteiger partial charge in [-0.25, -0.2) is 9.55 Å². The van der Waals surface area contributed by atoms with Crippen molar-refractivity contribution in [1.29, 1.82) is 0 Å². The summed E-state index contributed by atoms with van der Waals surface area (Å²) in [5, 5.41) is 1.08. The molecule has 18 heavy (non-hydrogen) atoms. The minimum absolute atomic E-state index is 0.993. The van der Waals surface area contributed by atoms with Crippen molar-refractivity contribution < 1.29 is 4.57 Å². The van der Waals surface area contributed by atoms with E-state index in [1.807, 2.05) is 6.07 Å². The number of hydrogen-bond acceptors (Lipinski definition) is 2. The maximum absolute atomic E-state index is 4.67. The van der Waals surface area contributed by atoms with Crippen molar-refractivity contribution in [1.82, 2.24) is 4.98 Å². The van der Waals surface area contributed by atoms with Crippen LogP contribution in [0.2, 0.25) is 0 Å². The Morgan fingerprint density at radius 2 is 2.00 bits per heavy atom. The number of benzene rings is 1. The lowest BCUT2D eigenvalue weighted by atomic mass is 10.3. The molecular formula is C14H12BrN2S+. The predicted molar refractivity (Wildman–Crippen MR) is 78.6 cm³/mol. The summed E-state index contributed by atoms with van der Waals surface area (Å²) in [5.74, 6) is 0. The summed E-state index contributed by atoms with van der Waals surface area (Å²) >= 11 is 5.22. The molecule has 0 saturated heterocycles. The van der Waals surface area contributed by atoms with Crippen molar-refractivity contribution in [3.8, 4) is 10.6 Å². The third-order valence-electron chi connectivity index (χ3n) is 2.85. The average molecular weight is 320 g/mol. The van der Waals surface area contributed by atoms with Crippen LogP contribution < -0.4 is 4.57 Å². The van der Waals surface area contributed by atoms with Crippen LogP contribution >= 0.6 is 27.3 Å². The van der Waals surface area contributed by atoms with Crippen molar-refractivity contribution in [2.75, 3.05) is 0 Å². The first-order valence-electron chi connectivity index (χ1n) is 5.82. The van der Waals surface area contributed by atoms with Gasteiger partial charge in [0.2, 0.25) is 0 Å². The minimum Gasteiger partial charge on any atom is -0.236 e. The largest absolute Gasteiger partial charge is 0.236 e. The second kappa shape index (κ2) is 4.78. The van der Waals surface area contributed by atoms with Crippen LogP contribution in [0, 0.1) is 0 Å². The fourth-order valence-electron chi connectivity index (χ4n) is 1.83. The zero-order valence-electron chi connectivity index (χ0n) is 9.93. The van der Waals surface area contributed by atoms with Gasteiger partial charge in [-0.1, -0.05) is 15.9 Å². The molecule has 0 radical (unpaired) electrons. The van der Waals surface area contributed by atoms with Gasteiger partial charge in [-0.15, -0.1) is 11.3 Å². The molecule has 2 heterocycles. The van der Waals surface area contributed by atoms with Gasteiger partial charge in [0, 0.05) is 22.2 Å². The van der Waals surface area contributed by atoms with Gasteiger partial charge >= 0.3 is 0 Å². The Hall–Kier alpha value is -1.26. The van der Waals surface area contributed by atoms with Crippen LogP contribution in [0.4, 0.5) is 0 Å². The van der Waals surface area contributed by atoms with Gasteiger partial charge in [-0.2, -0.15) is 0 Å². The van der Waals surface area contributed by atoms with Crippen LogP contribution in [0.25, 0.3) is 20.8 Å². The van der Waals surface area contributed by atoms with Gasteiger partial charge in [0.25, 0.3) is 0 Å². The van der Waals surface area contributed by atoms with Crippen LogP contribution in [0.3, 0.4) is 0 Å². The number of fused-ring (bicyclic) bond motifs is 1. The molecule has 0 aliphatic carbocycles. The summed E-state index contributed by atoms with van der Waals surface area (Å²) in [6.45, 7) is 3.13. The SMILES string of the molecule is CC[n+]1ccc(-c2nc3ccc(Br)cc3s2)cc1. The quantitative estimate of drug-likeness (QED) is 0.651. The number of nitrogens with zero attached hydrogens (tertiary/aromatic N) is 2. The van der Waals surface area contributed by atoms with Crippen LogP contribution in [-0.2, 0) is 6.54 Å². The Balaban J connectivity index is 2.07. The molecule has 0 bridgehead atoms. The number of halogens is 1. The highest BCUT2D eigenvalue weighted by atomic mass is 79.9. The zero-order valence-corrected chi connectivity index (χ0v) is 12.3. The lowest BCUT2D eigenvalue weighted by Crippen LogP contribution is -2.30. The summed E-state index contributed by atoms with van der Waals surface area (Å²) in [4.78, 5) is 4.67. The maximum atomic E-state index is 4.67. The molecule has 3 rings (SSSR count). The highest BCUT2D eigenvalue weighted by Crippen LogP contribution is 2.31. The van der Waals surface area contributed by atoms with Crippen molar-refractivity contribution in [3.63, 3.8) is 0 Å². The van der Waals surface area contributed by atoms with Crippen LogP contribution in [0.1, 0.15) is 6.92 Å². The van der Waals surface area contributed by atoms with Gasteiger partial charge < -0.3 is 0 Å². The Kier molecular flexibility index (Phi) is 3.14. The molecule has 0 fully saturated rings. The molecule has 0 aliphatic heterocycles. The molecule has 0 atom stereocenters. The second-order valence-corrected chi connectivity index (χ2v) is 5.99. The predicted octanol–water partition coefficient (Wildman–Crippen LogP) is 4.03. The van der Waals surface area contributed by atoms with Crippen molar-refractivity contribution in [2.45, 2.75) is 13.5 Å². The summed E-state index contributed by atoms with van der Waals surface area (Å²) in [6, 6.07) is 10.4. The average Bonchev–Trinajstić information content (AvgIpc) is 2.81. The lowest BCUT2D eigenvalue weighted by molar-refractivity contribution is -0.693. The molecule has 3 aromatic rings. The molecule has 0 spiro atoms. The number of rotatable bonds is 2. The van der Waals surface area contributed by atoms with E-state index < -0.39 is 0 Å². The Morgan fingerprint density at radius 1 is 1.22 bits per heavy atom. The van der Waals surface area contributed by atoms with E-state index in [2.05, 4.69) is 69.1 Å². The number of pyridine rings is 1. The van der Waals surface area contributed by atoms with E-state index in [4.69, 9.17) is 0 Å². The molecule has 2 nitrogen and oxygen atoms in total. The number of aryl methyl sites for hydroxylation is 1. The van der Waals surface area contributed by atoms with Gasteiger partial charge in [0.1, 0.15) is 11.6 Å². The molecule has 1 aromatic carbocycles. The second-order valence-electron chi connectivity index (χ2n) is 4.05. The molecule has 90 valence electrons. The number of hydrogen-bond donors (Lipinski definition) is 0. The van der Waals surface area contributed by atoms with Crippen molar-refractivity contribution >= 4 is 37.5 Å². The summed E-state index contributed by atoms with van der Waals surface area (Å²) < 4.78 is 4.46. The smallest absolute Gasteiger partial charge is 0.169 e. The van der Waals surface area contributed by atoms with Crippen LogP contribution in [-0.4, -0.2) is 4.98 Å². The highest BCUT2D eigenvalue weighted by Gasteiger charge is 2.08. The van der Waals surface area contributed by atoms with E-state index in [1.165, 1.54) is 10.3 Å². The van der Waals surface area contributed by atoms with E-state index in [9.17, 15) is 0 Å². The third kappa shape index (κ3) is 2.18. The summed E-state index contributed by atoms with van der Waals surface area (Å²) in [7, 11) is 0. The van der Waals surface area contributed by atoms with Gasteiger partial charge in [-0.3, -0.25) is 0 Å².